The molecule has 0 saturated heterocycles. The van der Waals surface area contributed by atoms with E-state index in [1.807, 2.05) is 38.4 Å². The third kappa shape index (κ3) is 6.59. The van der Waals surface area contributed by atoms with Crippen LogP contribution in [0.15, 0.2) is 59.5 Å². The first-order valence-corrected chi connectivity index (χ1v) is 9.89. The Bertz CT molecular complexity index is 804. The molecule has 0 radical (unpaired) electrons. The van der Waals surface area contributed by atoms with Crippen LogP contribution in [0, 0.1) is 0 Å². The van der Waals surface area contributed by atoms with E-state index in [0.717, 1.165) is 12.1 Å². The number of hydrogen-bond donors (Lipinski definition) is 2. The van der Waals surface area contributed by atoms with Crippen molar-refractivity contribution in [3.8, 4) is 0 Å². The van der Waals surface area contributed by atoms with Gasteiger partial charge in [0.1, 0.15) is 0 Å². The molecule has 2 aromatic carbocycles. The third-order valence-electron chi connectivity index (χ3n) is 3.71. The third-order valence-corrected chi connectivity index (χ3v) is 5.19. The molecule has 0 aliphatic rings. The number of nitrogens with one attached hydrogen (secondary N) is 2. The topological polar surface area (TPSA) is 78.5 Å². The van der Waals surface area contributed by atoms with E-state index in [1.165, 1.54) is 17.7 Å². The highest BCUT2D eigenvalue weighted by Crippen LogP contribution is 2.07. The van der Waals surface area contributed by atoms with Gasteiger partial charge in [-0.25, -0.2) is 13.1 Å². The molecule has 0 aliphatic heterocycles. The molecule has 26 heavy (non-hydrogen) atoms. The lowest BCUT2D eigenvalue weighted by atomic mass is 10.1. The van der Waals surface area contributed by atoms with Crippen LogP contribution in [-0.4, -0.2) is 39.9 Å². The second kappa shape index (κ2) is 9.47. The van der Waals surface area contributed by atoms with Gasteiger partial charge in [0.2, 0.25) is 15.9 Å². The van der Waals surface area contributed by atoms with Crippen molar-refractivity contribution in [2.45, 2.75) is 24.4 Å². The molecule has 0 fully saturated rings. The second-order valence-corrected chi connectivity index (χ2v) is 8.06. The van der Waals surface area contributed by atoms with Gasteiger partial charge in [0.25, 0.3) is 0 Å². The lowest BCUT2D eigenvalue weighted by Gasteiger charge is -2.11. The van der Waals surface area contributed by atoms with Crippen LogP contribution in [-0.2, 0) is 27.9 Å². The van der Waals surface area contributed by atoms with Gasteiger partial charge < -0.3 is 10.2 Å². The fourth-order valence-electron chi connectivity index (χ4n) is 2.40. The molecule has 140 valence electrons. The highest BCUT2D eigenvalue weighted by molar-refractivity contribution is 7.89. The predicted molar refractivity (Wildman–Crippen MR) is 102 cm³/mol. The zero-order valence-electron chi connectivity index (χ0n) is 15.1. The Morgan fingerprint density at radius 1 is 0.962 bits per heavy atom. The normalized spacial score (nSPS) is 11.5. The number of carbonyl (C=O) groups is 1. The molecule has 2 aromatic rings. The lowest BCUT2D eigenvalue weighted by molar-refractivity contribution is -0.121. The van der Waals surface area contributed by atoms with Crippen LogP contribution in [0.3, 0.4) is 0 Å². The summed E-state index contributed by atoms with van der Waals surface area (Å²) in [4.78, 5) is 14.2. The molecular weight excluding hydrogens is 350 g/mol. The van der Waals surface area contributed by atoms with Crippen LogP contribution in [0.1, 0.15) is 17.5 Å². The summed E-state index contributed by atoms with van der Waals surface area (Å²) in [7, 11) is 0.456. The Labute approximate surface area is 155 Å². The first kappa shape index (κ1) is 20.1. The molecule has 0 saturated carbocycles. The molecule has 0 bridgehead atoms. The zero-order valence-corrected chi connectivity index (χ0v) is 15.9. The molecule has 0 unspecified atom stereocenters. The van der Waals surface area contributed by atoms with Gasteiger partial charge in [0, 0.05) is 26.1 Å². The maximum absolute atomic E-state index is 12.1. The van der Waals surface area contributed by atoms with Crippen molar-refractivity contribution in [3.05, 3.63) is 65.7 Å². The van der Waals surface area contributed by atoms with Crippen molar-refractivity contribution >= 4 is 15.9 Å². The van der Waals surface area contributed by atoms with Gasteiger partial charge >= 0.3 is 0 Å². The molecule has 0 heterocycles. The molecule has 2 N–H and O–H groups in total. The van der Waals surface area contributed by atoms with E-state index in [1.54, 1.807) is 18.2 Å². The predicted octanol–water partition coefficient (Wildman–Crippen LogP) is 1.73. The molecule has 6 nitrogen and oxygen atoms in total. The SMILES string of the molecule is CN(C)Cc1ccc(CNC(=O)CCNS(=O)(=O)c2ccccc2)cc1. The van der Waals surface area contributed by atoms with Crippen molar-refractivity contribution in [2.75, 3.05) is 20.6 Å². The first-order valence-electron chi connectivity index (χ1n) is 8.41. The molecule has 0 spiro atoms. The quantitative estimate of drug-likeness (QED) is 0.700. The van der Waals surface area contributed by atoms with E-state index in [0.29, 0.717) is 6.54 Å². The molecular formula is C19H25N3O3S. The summed E-state index contributed by atoms with van der Waals surface area (Å²) in [6.45, 7) is 1.35. The van der Waals surface area contributed by atoms with E-state index in [9.17, 15) is 13.2 Å². The molecule has 1 amide bonds. The summed E-state index contributed by atoms with van der Waals surface area (Å²) in [5, 5.41) is 2.80. The summed E-state index contributed by atoms with van der Waals surface area (Å²) in [5.41, 5.74) is 2.21. The Morgan fingerprint density at radius 2 is 1.58 bits per heavy atom. The van der Waals surface area contributed by atoms with Crippen molar-refractivity contribution < 1.29 is 13.2 Å². The van der Waals surface area contributed by atoms with Gasteiger partial charge in [-0.15, -0.1) is 0 Å². The van der Waals surface area contributed by atoms with Crippen molar-refractivity contribution in [2.24, 2.45) is 0 Å². The lowest BCUT2D eigenvalue weighted by Crippen LogP contribution is -2.30. The first-order chi connectivity index (χ1) is 12.4. The van der Waals surface area contributed by atoms with Gasteiger partial charge in [0.05, 0.1) is 4.90 Å². The fraction of sp³-hybridized carbons (Fsp3) is 0.316. The minimum Gasteiger partial charge on any atom is -0.352 e. The maximum Gasteiger partial charge on any atom is 0.240 e. The van der Waals surface area contributed by atoms with Crippen LogP contribution < -0.4 is 10.0 Å². The highest BCUT2D eigenvalue weighted by atomic mass is 32.2. The standard InChI is InChI=1S/C19H25N3O3S/c1-22(2)15-17-10-8-16(9-11-17)14-20-19(23)12-13-21-26(24,25)18-6-4-3-5-7-18/h3-11,21H,12-15H2,1-2H3,(H,20,23). The number of sulfonamides is 1. The fourth-order valence-corrected chi connectivity index (χ4v) is 3.45. The van der Waals surface area contributed by atoms with E-state index < -0.39 is 10.0 Å². The number of benzene rings is 2. The zero-order chi connectivity index (χ0) is 19.0. The molecule has 7 heteroatoms. The van der Waals surface area contributed by atoms with Gasteiger partial charge in [-0.05, 0) is 37.4 Å². The Kier molecular flexibility index (Phi) is 7.32. The number of rotatable bonds is 9. The number of amides is 1. The van der Waals surface area contributed by atoms with Crippen molar-refractivity contribution in [1.82, 2.24) is 14.9 Å². The minimum atomic E-state index is -3.57. The van der Waals surface area contributed by atoms with Crippen molar-refractivity contribution in [1.29, 1.82) is 0 Å². The Hall–Kier alpha value is -2.22. The Morgan fingerprint density at radius 3 is 2.19 bits per heavy atom. The second-order valence-electron chi connectivity index (χ2n) is 6.29. The summed E-state index contributed by atoms with van der Waals surface area (Å²) < 4.78 is 26.5. The van der Waals surface area contributed by atoms with Gasteiger partial charge in [-0.1, -0.05) is 42.5 Å². The minimum absolute atomic E-state index is 0.0604. The van der Waals surface area contributed by atoms with E-state index in [2.05, 4.69) is 14.9 Å². The van der Waals surface area contributed by atoms with Crippen LogP contribution in [0.25, 0.3) is 0 Å². The molecule has 0 aromatic heterocycles. The van der Waals surface area contributed by atoms with E-state index >= 15 is 0 Å². The van der Waals surface area contributed by atoms with Crippen LogP contribution in [0.5, 0.6) is 0 Å². The monoisotopic (exact) mass is 375 g/mol. The largest absolute Gasteiger partial charge is 0.352 e. The van der Waals surface area contributed by atoms with Crippen molar-refractivity contribution in [3.63, 3.8) is 0 Å². The average molecular weight is 375 g/mol. The smallest absolute Gasteiger partial charge is 0.240 e. The molecule has 0 atom stereocenters. The summed E-state index contributed by atoms with van der Waals surface area (Å²) in [5.74, 6) is -0.196. The summed E-state index contributed by atoms with van der Waals surface area (Å²) in [6.07, 6.45) is 0.0881. The Balaban J connectivity index is 1.74. The summed E-state index contributed by atoms with van der Waals surface area (Å²) >= 11 is 0. The van der Waals surface area contributed by atoms with Gasteiger partial charge in [-0.3, -0.25) is 4.79 Å². The molecule has 0 aliphatic carbocycles. The van der Waals surface area contributed by atoms with E-state index in [-0.39, 0.29) is 23.8 Å². The maximum atomic E-state index is 12.1. The van der Waals surface area contributed by atoms with Gasteiger partial charge in [-0.2, -0.15) is 0 Å². The van der Waals surface area contributed by atoms with Crippen LogP contribution in [0.4, 0.5) is 0 Å². The summed E-state index contributed by atoms with van der Waals surface area (Å²) in [6, 6.07) is 16.1. The average Bonchev–Trinajstić information content (AvgIpc) is 2.61. The highest BCUT2D eigenvalue weighted by Gasteiger charge is 2.13. The van der Waals surface area contributed by atoms with Crippen LogP contribution >= 0.6 is 0 Å². The van der Waals surface area contributed by atoms with Crippen LogP contribution in [0.2, 0.25) is 0 Å². The number of carbonyl (C=O) groups excluding carboxylic acids is 1. The molecule has 2 rings (SSSR count). The number of hydrogen-bond acceptors (Lipinski definition) is 4. The van der Waals surface area contributed by atoms with Gasteiger partial charge in [0.15, 0.2) is 0 Å². The van der Waals surface area contributed by atoms with E-state index in [4.69, 9.17) is 0 Å². The number of nitrogens with zero attached hydrogens (tertiary/aromatic N) is 1.